The number of anilines is 1. The molecule has 1 heterocycles. The van der Waals surface area contributed by atoms with Gasteiger partial charge in [0.05, 0.1) is 9.47 Å². The first-order valence-corrected chi connectivity index (χ1v) is 11.3. The molecule has 0 aliphatic carbocycles. The van der Waals surface area contributed by atoms with Crippen molar-refractivity contribution in [3.05, 3.63) is 81.9 Å². The van der Waals surface area contributed by atoms with E-state index in [1.54, 1.807) is 36.4 Å². The molecule has 0 radical (unpaired) electrons. The largest absolute Gasteiger partial charge is 0.322 e. The average Bonchev–Trinajstić information content (AvgIpc) is 3.11. The maximum absolute atomic E-state index is 13.9. The van der Waals surface area contributed by atoms with Crippen LogP contribution in [0.3, 0.4) is 0 Å². The van der Waals surface area contributed by atoms with Crippen molar-refractivity contribution < 1.29 is 17.6 Å². The highest BCUT2D eigenvalue weighted by atomic mass is 79.9. The van der Waals surface area contributed by atoms with E-state index in [1.807, 2.05) is 6.07 Å². The van der Waals surface area contributed by atoms with Crippen LogP contribution in [-0.4, -0.2) is 20.4 Å². The third kappa shape index (κ3) is 5.26. The molecular weight excluding hydrogens is 467 g/mol. The first kappa shape index (κ1) is 20.7. The van der Waals surface area contributed by atoms with Crippen LogP contribution >= 0.6 is 27.3 Å². The molecule has 9 heteroatoms. The van der Waals surface area contributed by atoms with Crippen LogP contribution in [0.2, 0.25) is 0 Å². The average molecular weight is 483 g/mol. The summed E-state index contributed by atoms with van der Waals surface area (Å²) in [7, 11) is -3.92. The fourth-order valence-corrected chi connectivity index (χ4v) is 5.73. The summed E-state index contributed by atoms with van der Waals surface area (Å²) in [5, 5.41) is 2.46. The number of benzene rings is 2. The van der Waals surface area contributed by atoms with Crippen LogP contribution < -0.4 is 10.0 Å². The highest BCUT2D eigenvalue weighted by Crippen LogP contribution is 2.26. The topological polar surface area (TPSA) is 75.3 Å². The predicted octanol–water partition coefficient (Wildman–Crippen LogP) is 4.18. The van der Waals surface area contributed by atoms with Crippen molar-refractivity contribution in [1.29, 1.82) is 0 Å². The van der Waals surface area contributed by atoms with Crippen molar-refractivity contribution >= 4 is 48.9 Å². The van der Waals surface area contributed by atoms with Crippen molar-refractivity contribution in [2.24, 2.45) is 0 Å². The Kier molecular flexibility index (Phi) is 6.61. The molecule has 28 heavy (non-hydrogen) atoms. The zero-order valence-electron chi connectivity index (χ0n) is 14.4. The van der Waals surface area contributed by atoms with Crippen molar-refractivity contribution in [2.45, 2.75) is 16.7 Å². The lowest BCUT2D eigenvalue weighted by Crippen LogP contribution is -2.45. The number of hydrogen-bond acceptors (Lipinski definition) is 4. The lowest BCUT2D eigenvalue weighted by atomic mass is 10.1. The lowest BCUT2D eigenvalue weighted by molar-refractivity contribution is -0.117. The number of amides is 1. The van der Waals surface area contributed by atoms with Gasteiger partial charge in [-0.3, -0.25) is 4.79 Å². The van der Waals surface area contributed by atoms with Gasteiger partial charge in [-0.25, -0.2) is 12.8 Å². The number of rotatable bonds is 7. The van der Waals surface area contributed by atoms with Gasteiger partial charge in [-0.05, 0) is 52.2 Å². The van der Waals surface area contributed by atoms with E-state index in [2.05, 4.69) is 26.0 Å². The predicted molar refractivity (Wildman–Crippen MR) is 111 cm³/mol. The number of para-hydroxylation sites is 1. The van der Waals surface area contributed by atoms with E-state index in [9.17, 15) is 17.6 Å². The van der Waals surface area contributed by atoms with E-state index in [4.69, 9.17) is 0 Å². The summed E-state index contributed by atoms with van der Waals surface area (Å²) in [4.78, 5) is 12.8. The number of sulfonamides is 1. The van der Waals surface area contributed by atoms with E-state index in [-0.39, 0.29) is 16.3 Å². The molecule has 1 atom stereocenters. The Morgan fingerprint density at radius 2 is 1.71 bits per heavy atom. The standard InChI is InChI=1S/C19H16BrFN2O3S2/c20-17-10-11-18(27-17)28(25,26)23-16(12-13-6-2-1-3-7-13)19(24)22-15-9-5-4-8-14(15)21/h1-11,16,23H,12H2,(H,22,24)/t16-/m1/s1. The molecule has 0 bridgehead atoms. The van der Waals surface area contributed by atoms with Gasteiger partial charge >= 0.3 is 0 Å². The molecule has 3 aromatic rings. The van der Waals surface area contributed by atoms with Gasteiger partial charge in [-0.1, -0.05) is 42.5 Å². The third-order valence-electron chi connectivity index (χ3n) is 3.84. The fourth-order valence-electron chi connectivity index (χ4n) is 2.51. The van der Waals surface area contributed by atoms with E-state index >= 15 is 0 Å². The van der Waals surface area contributed by atoms with Crippen LogP contribution in [-0.2, 0) is 21.2 Å². The third-order valence-corrected chi connectivity index (χ3v) is 7.43. The van der Waals surface area contributed by atoms with Crippen LogP contribution in [0.25, 0.3) is 0 Å². The van der Waals surface area contributed by atoms with E-state index in [1.165, 1.54) is 24.3 Å². The lowest BCUT2D eigenvalue weighted by Gasteiger charge is -2.18. The molecule has 0 saturated heterocycles. The van der Waals surface area contributed by atoms with E-state index in [0.717, 1.165) is 16.9 Å². The molecule has 146 valence electrons. The Labute approximate surface area is 174 Å². The van der Waals surface area contributed by atoms with Crippen molar-refractivity contribution in [2.75, 3.05) is 5.32 Å². The van der Waals surface area contributed by atoms with Gasteiger partial charge in [-0.15, -0.1) is 11.3 Å². The zero-order chi connectivity index (χ0) is 20.1. The van der Waals surface area contributed by atoms with Crippen molar-refractivity contribution in [1.82, 2.24) is 4.72 Å². The van der Waals surface area contributed by atoms with E-state index in [0.29, 0.717) is 3.79 Å². The number of carbonyl (C=O) groups excluding carboxylic acids is 1. The second kappa shape index (κ2) is 8.95. The van der Waals surface area contributed by atoms with Gasteiger partial charge < -0.3 is 5.32 Å². The van der Waals surface area contributed by atoms with Gasteiger partial charge in [0.25, 0.3) is 10.0 Å². The minimum Gasteiger partial charge on any atom is -0.322 e. The normalized spacial score (nSPS) is 12.5. The smallest absolute Gasteiger partial charge is 0.250 e. The van der Waals surface area contributed by atoms with Crippen molar-refractivity contribution in [3.63, 3.8) is 0 Å². The van der Waals surface area contributed by atoms with Gasteiger partial charge in [0, 0.05) is 0 Å². The van der Waals surface area contributed by atoms with Crippen LogP contribution in [0.15, 0.2) is 74.7 Å². The number of halogens is 2. The summed E-state index contributed by atoms with van der Waals surface area (Å²) in [6.45, 7) is 0. The molecule has 3 rings (SSSR count). The summed E-state index contributed by atoms with van der Waals surface area (Å²) in [6.07, 6.45) is 0.118. The zero-order valence-corrected chi connectivity index (χ0v) is 17.7. The molecule has 1 amide bonds. The van der Waals surface area contributed by atoms with Crippen LogP contribution in [0.5, 0.6) is 0 Å². The maximum Gasteiger partial charge on any atom is 0.250 e. The highest BCUT2D eigenvalue weighted by molar-refractivity contribution is 9.11. The molecule has 2 aromatic carbocycles. The maximum atomic E-state index is 13.9. The highest BCUT2D eigenvalue weighted by Gasteiger charge is 2.27. The summed E-state index contributed by atoms with van der Waals surface area (Å²) >= 11 is 4.27. The van der Waals surface area contributed by atoms with Crippen LogP contribution in [0, 0.1) is 5.82 Å². The SMILES string of the molecule is O=C(Nc1ccccc1F)[C@@H](Cc1ccccc1)NS(=O)(=O)c1ccc(Br)s1. The Balaban J connectivity index is 1.86. The Hall–Kier alpha value is -2.07. The minimum atomic E-state index is -3.92. The number of nitrogens with one attached hydrogen (secondary N) is 2. The molecular formula is C19H16BrFN2O3S2. The molecule has 0 unspecified atom stereocenters. The van der Waals surface area contributed by atoms with Crippen LogP contribution in [0.4, 0.5) is 10.1 Å². The number of hydrogen-bond donors (Lipinski definition) is 2. The van der Waals surface area contributed by atoms with Crippen LogP contribution in [0.1, 0.15) is 5.56 Å². The van der Waals surface area contributed by atoms with Gasteiger partial charge in [0.1, 0.15) is 16.1 Å². The molecule has 2 N–H and O–H groups in total. The van der Waals surface area contributed by atoms with E-state index < -0.39 is 27.8 Å². The monoisotopic (exact) mass is 482 g/mol. The Bertz CT molecular complexity index is 1070. The van der Waals surface area contributed by atoms with Gasteiger partial charge in [0.15, 0.2) is 0 Å². The second-order valence-electron chi connectivity index (χ2n) is 5.89. The molecule has 5 nitrogen and oxygen atoms in total. The quantitative estimate of drug-likeness (QED) is 0.530. The fraction of sp³-hybridized carbons (Fsp3) is 0.105. The van der Waals surface area contributed by atoms with Gasteiger partial charge in [-0.2, -0.15) is 4.72 Å². The number of thiophene rings is 1. The van der Waals surface area contributed by atoms with Gasteiger partial charge in [0.2, 0.25) is 5.91 Å². The molecule has 0 aliphatic heterocycles. The summed E-state index contributed by atoms with van der Waals surface area (Å²) in [5.74, 6) is -1.24. The Morgan fingerprint density at radius 1 is 1.04 bits per heavy atom. The first-order valence-electron chi connectivity index (χ1n) is 8.22. The Morgan fingerprint density at radius 3 is 2.36 bits per heavy atom. The molecule has 0 aliphatic rings. The van der Waals surface area contributed by atoms with Crippen molar-refractivity contribution in [3.8, 4) is 0 Å². The second-order valence-corrected chi connectivity index (χ2v) is 10.3. The summed E-state index contributed by atoms with van der Waals surface area (Å²) in [5.41, 5.74) is 0.759. The molecule has 0 saturated carbocycles. The molecule has 1 aromatic heterocycles. The summed E-state index contributed by atoms with van der Waals surface area (Å²) < 4.78 is 42.5. The minimum absolute atomic E-state index is 0.0105. The first-order chi connectivity index (χ1) is 13.3. The molecule has 0 spiro atoms. The molecule has 0 fully saturated rings. The summed E-state index contributed by atoms with van der Waals surface area (Å²) in [6, 6.07) is 16.7. The number of carbonyl (C=O) groups is 1.